The predicted octanol–water partition coefficient (Wildman–Crippen LogP) is 4.09. The molecule has 1 N–H and O–H groups in total. The fourth-order valence-corrected chi connectivity index (χ4v) is 3.14. The van der Waals surface area contributed by atoms with Crippen molar-refractivity contribution in [2.24, 2.45) is 0 Å². The molecule has 0 unspecified atom stereocenters. The first kappa shape index (κ1) is 16.8. The number of carbonyl (C=O) groups is 1. The van der Waals surface area contributed by atoms with E-state index < -0.39 is 0 Å². The number of aromatic nitrogens is 1. The van der Waals surface area contributed by atoms with E-state index in [0.717, 1.165) is 37.3 Å². The Hall–Kier alpha value is -1.58. The zero-order valence-corrected chi connectivity index (χ0v) is 14.0. The summed E-state index contributed by atoms with van der Waals surface area (Å²) in [5.41, 5.74) is 0.746. The van der Waals surface area contributed by atoms with E-state index in [1.54, 1.807) is 6.20 Å². The second-order valence-electron chi connectivity index (χ2n) is 6.20. The van der Waals surface area contributed by atoms with E-state index in [1.165, 1.54) is 32.1 Å². The molecule has 1 aromatic rings. The second kappa shape index (κ2) is 8.76. The van der Waals surface area contributed by atoms with Crippen LogP contribution in [0.15, 0.2) is 18.3 Å². The first-order valence-electron chi connectivity index (χ1n) is 8.76. The molecule has 0 aromatic carbocycles. The molecule has 1 aliphatic carbocycles. The molecule has 0 radical (unpaired) electrons. The van der Waals surface area contributed by atoms with Gasteiger partial charge in [0, 0.05) is 30.9 Å². The third-order valence-corrected chi connectivity index (χ3v) is 4.24. The summed E-state index contributed by atoms with van der Waals surface area (Å²) in [4.78, 5) is 19.0. The molecule has 1 saturated carbocycles. The minimum absolute atomic E-state index is 0.123. The number of hydrogen-bond acceptors (Lipinski definition) is 3. The van der Waals surface area contributed by atoms with Gasteiger partial charge in [-0.05, 0) is 37.8 Å². The SMILES string of the molecule is CCCN(CCC)C(=O)c1ccnc(NC2CCCCC2)c1. The summed E-state index contributed by atoms with van der Waals surface area (Å²) in [7, 11) is 0. The van der Waals surface area contributed by atoms with Crippen molar-refractivity contribution in [1.29, 1.82) is 0 Å². The Labute approximate surface area is 134 Å². The molecule has 4 nitrogen and oxygen atoms in total. The molecule has 0 bridgehead atoms. The van der Waals surface area contributed by atoms with Crippen LogP contribution in [0.1, 0.15) is 69.2 Å². The fraction of sp³-hybridized carbons (Fsp3) is 0.667. The Bertz CT molecular complexity index is 463. The summed E-state index contributed by atoms with van der Waals surface area (Å²) in [6.45, 7) is 5.86. The standard InChI is InChI=1S/C18H29N3O/c1-3-12-21(13-4-2)18(22)15-10-11-19-17(14-15)20-16-8-6-5-7-9-16/h10-11,14,16H,3-9,12-13H2,1-2H3,(H,19,20). The summed E-state index contributed by atoms with van der Waals surface area (Å²) >= 11 is 0. The quantitative estimate of drug-likeness (QED) is 0.825. The highest BCUT2D eigenvalue weighted by atomic mass is 16.2. The van der Waals surface area contributed by atoms with Crippen LogP contribution in [0.3, 0.4) is 0 Å². The number of anilines is 1. The van der Waals surface area contributed by atoms with Crippen molar-refractivity contribution in [2.75, 3.05) is 18.4 Å². The zero-order valence-electron chi connectivity index (χ0n) is 14.0. The van der Waals surface area contributed by atoms with Crippen molar-refractivity contribution >= 4 is 11.7 Å². The number of rotatable bonds is 7. The topological polar surface area (TPSA) is 45.2 Å². The first-order chi connectivity index (χ1) is 10.7. The highest BCUT2D eigenvalue weighted by Gasteiger charge is 2.17. The minimum atomic E-state index is 0.123. The van der Waals surface area contributed by atoms with E-state index in [1.807, 2.05) is 17.0 Å². The number of pyridine rings is 1. The smallest absolute Gasteiger partial charge is 0.254 e. The van der Waals surface area contributed by atoms with E-state index >= 15 is 0 Å². The summed E-state index contributed by atoms with van der Waals surface area (Å²) in [6.07, 6.45) is 10.1. The van der Waals surface area contributed by atoms with Crippen molar-refractivity contribution in [1.82, 2.24) is 9.88 Å². The van der Waals surface area contributed by atoms with Crippen LogP contribution in [0, 0.1) is 0 Å². The number of hydrogen-bond donors (Lipinski definition) is 1. The normalized spacial score (nSPS) is 15.5. The van der Waals surface area contributed by atoms with Crippen LogP contribution in [-0.2, 0) is 0 Å². The van der Waals surface area contributed by atoms with Gasteiger partial charge < -0.3 is 10.2 Å². The van der Waals surface area contributed by atoms with Gasteiger partial charge in [0.25, 0.3) is 5.91 Å². The molecule has 1 heterocycles. The van der Waals surface area contributed by atoms with Crippen molar-refractivity contribution in [3.63, 3.8) is 0 Å². The van der Waals surface area contributed by atoms with E-state index in [0.29, 0.717) is 6.04 Å². The molecule has 0 spiro atoms. The van der Waals surface area contributed by atoms with Gasteiger partial charge in [0.2, 0.25) is 0 Å². The maximum atomic E-state index is 12.6. The monoisotopic (exact) mass is 303 g/mol. The van der Waals surface area contributed by atoms with Crippen LogP contribution in [0.4, 0.5) is 5.82 Å². The Morgan fingerprint density at radius 3 is 2.55 bits per heavy atom. The molecule has 1 aliphatic rings. The second-order valence-corrected chi connectivity index (χ2v) is 6.20. The molecular formula is C18H29N3O. The Kier molecular flexibility index (Phi) is 6.69. The molecule has 2 rings (SSSR count). The maximum absolute atomic E-state index is 12.6. The molecule has 1 amide bonds. The van der Waals surface area contributed by atoms with Crippen LogP contribution in [0.25, 0.3) is 0 Å². The number of nitrogens with one attached hydrogen (secondary N) is 1. The molecule has 22 heavy (non-hydrogen) atoms. The summed E-state index contributed by atoms with van der Waals surface area (Å²) in [5.74, 6) is 0.962. The summed E-state index contributed by atoms with van der Waals surface area (Å²) in [5, 5.41) is 3.50. The van der Waals surface area contributed by atoms with Crippen LogP contribution in [-0.4, -0.2) is 34.9 Å². The lowest BCUT2D eigenvalue weighted by molar-refractivity contribution is 0.0755. The van der Waals surface area contributed by atoms with Gasteiger partial charge in [0.1, 0.15) is 5.82 Å². The van der Waals surface area contributed by atoms with E-state index in [-0.39, 0.29) is 5.91 Å². The Balaban J connectivity index is 2.04. The molecule has 0 aliphatic heterocycles. The van der Waals surface area contributed by atoms with Crippen LogP contribution in [0.2, 0.25) is 0 Å². The van der Waals surface area contributed by atoms with Gasteiger partial charge in [-0.3, -0.25) is 4.79 Å². The maximum Gasteiger partial charge on any atom is 0.254 e. The highest BCUT2D eigenvalue weighted by Crippen LogP contribution is 2.21. The third-order valence-electron chi connectivity index (χ3n) is 4.24. The highest BCUT2D eigenvalue weighted by molar-refractivity contribution is 5.94. The zero-order chi connectivity index (χ0) is 15.8. The van der Waals surface area contributed by atoms with Gasteiger partial charge >= 0.3 is 0 Å². The van der Waals surface area contributed by atoms with Crippen molar-refractivity contribution in [2.45, 2.75) is 64.8 Å². The van der Waals surface area contributed by atoms with Crippen molar-refractivity contribution < 1.29 is 4.79 Å². The number of carbonyl (C=O) groups excluding carboxylic acids is 1. The molecule has 122 valence electrons. The van der Waals surface area contributed by atoms with Gasteiger partial charge in [0.15, 0.2) is 0 Å². The average molecular weight is 303 g/mol. The van der Waals surface area contributed by atoms with E-state index in [2.05, 4.69) is 24.1 Å². The van der Waals surface area contributed by atoms with Crippen molar-refractivity contribution in [3.05, 3.63) is 23.9 Å². The minimum Gasteiger partial charge on any atom is -0.367 e. The predicted molar refractivity (Wildman–Crippen MR) is 91.2 cm³/mol. The fourth-order valence-electron chi connectivity index (χ4n) is 3.14. The number of nitrogens with zero attached hydrogens (tertiary/aromatic N) is 2. The first-order valence-corrected chi connectivity index (χ1v) is 8.76. The summed E-state index contributed by atoms with van der Waals surface area (Å²) in [6, 6.07) is 4.25. The van der Waals surface area contributed by atoms with Gasteiger partial charge in [0.05, 0.1) is 0 Å². The Morgan fingerprint density at radius 1 is 1.23 bits per heavy atom. The van der Waals surface area contributed by atoms with Gasteiger partial charge in [-0.15, -0.1) is 0 Å². The molecule has 0 atom stereocenters. The molecule has 0 saturated heterocycles. The van der Waals surface area contributed by atoms with Crippen LogP contribution >= 0.6 is 0 Å². The molecular weight excluding hydrogens is 274 g/mol. The van der Waals surface area contributed by atoms with Gasteiger partial charge in [-0.1, -0.05) is 33.1 Å². The van der Waals surface area contributed by atoms with Gasteiger partial charge in [-0.2, -0.15) is 0 Å². The average Bonchev–Trinajstić information content (AvgIpc) is 2.55. The van der Waals surface area contributed by atoms with Gasteiger partial charge in [-0.25, -0.2) is 4.98 Å². The lowest BCUT2D eigenvalue weighted by Gasteiger charge is -2.24. The molecule has 1 aromatic heterocycles. The Morgan fingerprint density at radius 2 is 1.91 bits per heavy atom. The summed E-state index contributed by atoms with van der Waals surface area (Å²) < 4.78 is 0. The molecule has 4 heteroatoms. The lowest BCUT2D eigenvalue weighted by Crippen LogP contribution is -2.32. The third kappa shape index (κ3) is 4.72. The van der Waals surface area contributed by atoms with Crippen molar-refractivity contribution in [3.8, 4) is 0 Å². The van der Waals surface area contributed by atoms with Crippen LogP contribution in [0.5, 0.6) is 0 Å². The lowest BCUT2D eigenvalue weighted by atomic mass is 9.95. The largest absolute Gasteiger partial charge is 0.367 e. The van der Waals surface area contributed by atoms with Crippen LogP contribution < -0.4 is 5.32 Å². The van der Waals surface area contributed by atoms with E-state index in [4.69, 9.17) is 0 Å². The number of amides is 1. The van der Waals surface area contributed by atoms with E-state index in [9.17, 15) is 4.79 Å². The molecule has 1 fully saturated rings.